The lowest BCUT2D eigenvalue weighted by atomic mass is 9.80. The number of primary amides is 1. The highest BCUT2D eigenvalue weighted by Crippen LogP contribution is 2.33. The Bertz CT molecular complexity index is 783. The molecule has 0 unspecified atom stereocenters. The number of ether oxygens (including phenoxy) is 1. The van der Waals surface area contributed by atoms with E-state index >= 15 is 0 Å². The van der Waals surface area contributed by atoms with E-state index in [0.29, 0.717) is 12.1 Å². The van der Waals surface area contributed by atoms with E-state index in [1.807, 2.05) is 12.1 Å². The zero-order valence-corrected chi connectivity index (χ0v) is 19.0. The Labute approximate surface area is 190 Å². The molecule has 5 N–H and O–H groups in total. The molecule has 32 heavy (non-hydrogen) atoms. The number of amides is 2. The molecule has 0 bridgehead atoms. The van der Waals surface area contributed by atoms with Gasteiger partial charge in [-0.3, -0.25) is 19.5 Å². The minimum absolute atomic E-state index is 0.166. The predicted octanol–water partition coefficient (Wildman–Crippen LogP) is 0.602. The van der Waals surface area contributed by atoms with Gasteiger partial charge < -0.3 is 26.4 Å². The first-order valence-electron chi connectivity index (χ1n) is 11.5. The second-order valence-electron chi connectivity index (χ2n) is 8.51. The number of benzene rings is 1. The molecule has 1 aromatic rings. The fraction of sp³-hybridized carbons (Fsp3) is 0.609. The van der Waals surface area contributed by atoms with Crippen LogP contribution in [0.2, 0.25) is 0 Å². The second-order valence-corrected chi connectivity index (χ2v) is 8.51. The van der Waals surface area contributed by atoms with Crippen LogP contribution < -0.4 is 21.7 Å². The normalized spacial score (nSPS) is 19.2. The van der Waals surface area contributed by atoms with Crippen LogP contribution in [0.15, 0.2) is 29.3 Å². The number of rotatable bonds is 8. The SMILES string of the molecule is CN=C(NCc1ccc(C(=O)NCC(N)=O)cc1)NCC1(N2CCOCC2)CCCCC1. The average Bonchev–Trinajstić information content (AvgIpc) is 2.84. The molecule has 1 saturated heterocycles. The molecule has 1 aliphatic heterocycles. The van der Waals surface area contributed by atoms with Crippen LogP contribution in [0.5, 0.6) is 0 Å². The first-order valence-corrected chi connectivity index (χ1v) is 11.5. The topological polar surface area (TPSA) is 121 Å². The number of hydrogen-bond acceptors (Lipinski definition) is 5. The summed E-state index contributed by atoms with van der Waals surface area (Å²) in [7, 11) is 1.78. The van der Waals surface area contributed by atoms with Crippen LogP contribution in [0, 0.1) is 0 Å². The van der Waals surface area contributed by atoms with Crippen molar-refractivity contribution in [3.63, 3.8) is 0 Å². The highest BCUT2D eigenvalue weighted by atomic mass is 16.5. The molecule has 2 fully saturated rings. The largest absolute Gasteiger partial charge is 0.379 e. The van der Waals surface area contributed by atoms with Crippen molar-refractivity contribution in [3.05, 3.63) is 35.4 Å². The van der Waals surface area contributed by atoms with Gasteiger partial charge in [-0.2, -0.15) is 0 Å². The molecule has 0 aromatic heterocycles. The summed E-state index contributed by atoms with van der Waals surface area (Å²) in [6.45, 7) is 4.89. The maximum atomic E-state index is 12.0. The quantitative estimate of drug-likeness (QED) is 0.344. The second kappa shape index (κ2) is 11.8. The van der Waals surface area contributed by atoms with E-state index in [0.717, 1.165) is 44.4 Å². The summed E-state index contributed by atoms with van der Waals surface area (Å²) in [6, 6.07) is 7.24. The van der Waals surface area contributed by atoms with Crippen molar-refractivity contribution in [2.24, 2.45) is 10.7 Å². The molecule has 1 saturated carbocycles. The van der Waals surface area contributed by atoms with Crippen LogP contribution in [0.4, 0.5) is 0 Å². The number of nitrogens with one attached hydrogen (secondary N) is 3. The maximum absolute atomic E-state index is 12.0. The number of hydrogen-bond donors (Lipinski definition) is 4. The van der Waals surface area contributed by atoms with Gasteiger partial charge in [0.1, 0.15) is 0 Å². The zero-order chi connectivity index (χ0) is 22.8. The van der Waals surface area contributed by atoms with Gasteiger partial charge in [-0.1, -0.05) is 31.4 Å². The first kappa shape index (κ1) is 24.0. The summed E-state index contributed by atoms with van der Waals surface area (Å²) in [5.74, 6) is -0.116. The maximum Gasteiger partial charge on any atom is 0.251 e. The molecule has 2 aliphatic rings. The molecule has 1 heterocycles. The van der Waals surface area contributed by atoms with Crippen molar-refractivity contribution in [2.45, 2.75) is 44.2 Å². The van der Waals surface area contributed by atoms with E-state index in [4.69, 9.17) is 10.5 Å². The lowest BCUT2D eigenvalue weighted by Gasteiger charge is -2.48. The number of nitrogens with two attached hydrogens (primary N) is 1. The summed E-state index contributed by atoms with van der Waals surface area (Å²) < 4.78 is 5.57. The van der Waals surface area contributed by atoms with Crippen LogP contribution in [0.1, 0.15) is 48.0 Å². The van der Waals surface area contributed by atoms with Gasteiger partial charge in [-0.05, 0) is 30.5 Å². The smallest absolute Gasteiger partial charge is 0.251 e. The van der Waals surface area contributed by atoms with E-state index in [2.05, 4.69) is 25.8 Å². The monoisotopic (exact) mass is 444 g/mol. The van der Waals surface area contributed by atoms with Crippen molar-refractivity contribution < 1.29 is 14.3 Å². The molecule has 9 heteroatoms. The Morgan fingerprint density at radius 1 is 1.06 bits per heavy atom. The molecular formula is C23H36N6O3. The molecule has 1 aromatic carbocycles. The standard InChI is InChI=1S/C23H36N6O3/c1-25-22(27-15-18-5-7-19(8-6-18)21(31)26-16-20(24)30)28-17-23(9-3-2-4-10-23)29-11-13-32-14-12-29/h5-8H,2-4,9-17H2,1H3,(H2,24,30)(H,26,31)(H2,25,27,28). The van der Waals surface area contributed by atoms with Crippen molar-refractivity contribution >= 4 is 17.8 Å². The fourth-order valence-corrected chi connectivity index (χ4v) is 4.55. The highest BCUT2D eigenvalue weighted by molar-refractivity contribution is 5.96. The first-order chi connectivity index (χ1) is 15.5. The Morgan fingerprint density at radius 2 is 1.75 bits per heavy atom. The number of carbonyl (C=O) groups is 2. The molecule has 9 nitrogen and oxygen atoms in total. The number of guanidine groups is 1. The van der Waals surface area contributed by atoms with E-state index in [9.17, 15) is 9.59 Å². The predicted molar refractivity (Wildman–Crippen MR) is 124 cm³/mol. The minimum atomic E-state index is -0.568. The van der Waals surface area contributed by atoms with E-state index in [1.165, 1.54) is 32.1 Å². The van der Waals surface area contributed by atoms with Crippen molar-refractivity contribution in [1.29, 1.82) is 0 Å². The van der Waals surface area contributed by atoms with E-state index < -0.39 is 5.91 Å². The summed E-state index contributed by atoms with van der Waals surface area (Å²) in [4.78, 5) is 29.8. The number of nitrogens with zero attached hydrogens (tertiary/aromatic N) is 2. The molecule has 176 valence electrons. The molecule has 0 radical (unpaired) electrons. The van der Waals surface area contributed by atoms with Gasteiger partial charge in [0, 0.05) is 44.3 Å². The molecule has 1 aliphatic carbocycles. The Hall–Kier alpha value is -2.65. The van der Waals surface area contributed by atoms with Crippen LogP contribution in [-0.2, 0) is 16.1 Å². The van der Waals surface area contributed by atoms with Gasteiger partial charge in [-0.15, -0.1) is 0 Å². The van der Waals surface area contributed by atoms with Crippen molar-refractivity contribution in [1.82, 2.24) is 20.9 Å². The van der Waals surface area contributed by atoms with Gasteiger partial charge >= 0.3 is 0 Å². The van der Waals surface area contributed by atoms with Gasteiger partial charge in [0.15, 0.2) is 5.96 Å². The van der Waals surface area contributed by atoms with E-state index in [-0.39, 0.29) is 18.0 Å². The van der Waals surface area contributed by atoms with Gasteiger partial charge in [0.2, 0.25) is 5.91 Å². The Morgan fingerprint density at radius 3 is 2.38 bits per heavy atom. The average molecular weight is 445 g/mol. The third-order valence-electron chi connectivity index (χ3n) is 6.37. The number of morpholine rings is 1. The number of carbonyl (C=O) groups excluding carboxylic acids is 2. The molecule has 3 rings (SSSR count). The third-order valence-corrected chi connectivity index (χ3v) is 6.37. The van der Waals surface area contributed by atoms with Crippen LogP contribution in [0.25, 0.3) is 0 Å². The zero-order valence-electron chi connectivity index (χ0n) is 19.0. The van der Waals surface area contributed by atoms with Crippen molar-refractivity contribution in [2.75, 3.05) is 46.4 Å². The lowest BCUT2D eigenvalue weighted by molar-refractivity contribution is -0.117. The molecule has 0 spiro atoms. The highest BCUT2D eigenvalue weighted by Gasteiger charge is 2.38. The minimum Gasteiger partial charge on any atom is -0.379 e. The lowest BCUT2D eigenvalue weighted by Crippen LogP contribution is -2.60. The summed E-state index contributed by atoms with van der Waals surface area (Å²) >= 11 is 0. The summed E-state index contributed by atoms with van der Waals surface area (Å²) in [5.41, 5.74) is 6.74. The molecule has 0 atom stereocenters. The van der Waals surface area contributed by atoms with Crippen molar-refractivity contribution in [3.8, 4) is 0 Å². The number of aliphatic imine (C=N–C) groups is 1. The van der Waals surface area contributed by atoms with Crippen LogP contribution in [0.3, 0.4) is 0 Å². The Kier molecular flexibility index (Phi) is 8.87. The Balaban J connectivity index is 1.51. The van der Waals surface area contributed by atoms with Gasteiger partial charge in [0.05, 0.1) is 19.8 Å². The van der Waals surface area contributed by atoms with Crippen LogP contribution in [-0.4, -0.2) is 74.7 Å². The fourth-order valence-electron chi connectivity index (χ4n) is 4.55. The van der Waals surface area contributed by atoms with Gasteiger partial charge in [0.25, 0.3) is 5.91 Å². The van der Waals surface area contributed by atoms with Crippen LogP contribution >= 0.6 is 0 Å². The summed E-state index contributed by atoms with van der Waals surface area (Å²) in [5, 5.41) is 9.41. The molecular weight excluding hydrogens is 408 g/mol. The van der Waals surface area contributed by atoms with E-state index in [1.54, 1.807) is 19.2 Å². The molecule has 2 amide bonds. The summed E-state index contributed by atoms with van der Waals surface area (Å²) in [6.07, 6.45) is 6.26. The van der Waals surface area contributed by atoms with Gasteiger partial charge in [-0.25, -0.2) is 0 Å². The third kappa shape index (κ3) is 6.67.